The molecule has 1 aromatic carbocycles. The summed E-state index contributed by atoms with van der Waals surface area (Å²) in [5, 5.41) is 0. The number of esters is 1. The third kappa shape index (κ3) is 2.62. The van der Waals surface area contributed by atoms with E-state index in [4.69, 9.17) is 10.5 Å². The monoisotopic (exact) mass is 199 g/mol. The molecule has 4 nitrogen and oxygen atoms in total. The fraction of sp³-hybridized carbons (Fsp3) is 0.222. The van der Waals surface area contributed by atoms with Gasteiger partial charge < -0.3 is 15.2 Å². The van der Waals surface area contributed by atoms with Crippen LogP contribution in [0.4, 0.5) is 10.1 Å². The van der Waals surface area contributed by atoms with E-state index in [1.54, 1.807) is 0 Å². The lowest BCUT2D eigenvalue weighted by Gasteiger charge is -2.07. The highest BCUT2D eigenvalue weighted by atomic mass is 19.1. The molecule has 0 aromatic heterocycles. The molecule has 0 fully saturated rings. The molecular formula is C9H10FNO3. The smallest absolute Gasteiger partial charge is 0.343 e. The highest BCUT2D eigenvalue weighted by molar-refractivity contribution is 5.71. The van der Waals surface area contributed by atoms with Gasteiger partial charge in [0, 0.05) is 6.07 Å². The number of anilines is 1. The normalized spacial score (nSPS) is 9.57. The van der Waals surface area contributed by atoms with Crippen molar-refractivity contribution < 1.29 is 18.7 Å². The average molecular weight is 199 g/mol. The van der Waals surface area contributed by atoms with E-state index in [1.165, 1.54) is 19.2 Å². The van der Waals surface area contributed by atoms with Crippen LogP contribution in [0.3, 0.4) is 0 Å². The summed E-state index contributed by atoms with van der Waals surface area (Å²) in [7, 11) is 1.24. The topological polar surface area (TPSA) is 61.5 Å². The molecule has 0 saturated heterocycles. The van der Waals surface area contributed by atoms with E-state index in [0.717, 1.165) is 6.07 Å². The number of methoxy groups -OCH3 is 1. The molecule has 0 bridgehead atoms. The molecule has 0 unspecified atom stereocenters. The minimum atomic E-state index is -0.548. The van der Waals surface area contributed by atoms with E-state index in [0.29, 0.717) is 0 Å². The van der Waals surface area contributed by atoms with Crippen LogP contribution in [0.15, 0.2) is 18.2 Å². The van der Waals surface area contributed by atoms with Crippen LogP contribution in [0.25, 0.3) is 0 Å². The Bertz CT molecular complexity index is 341. The van der Waals surface area contributed by atoms with E-state index in [2.05, 4.69) is 4.74 Å². The van der Waals surface area contributed by atoms with Crippen LogP contribution >= 0.6 is 0 Å². The lowest BCUT2D eigenvalue weighted by Crippen LogP contribution is -2.13. The zero-order valence-corrected chi connectivity index (χ0v) is 7.62. The standard InChI is InChI=1S/C9H10FNO3/c1-13-9(12)5-14-8-4-6(10)2-3-7(8)11/h2-4H,5,11H2,1H3. The van der Waals surface area contributed by atoms with Gasteiger partial charge in [-0.05, 0) is 12.1 Å². The number of rotatable bonds is 3. The van der Waals surface area contributed by atoms with Crippen LogP contribution in [0.1, 0.15) is 0 Å². The molecule has 76 valence electrons. The van der Waals surface area contributed by atoms with Crippen LogP contribution < -0.4 is 10.5 Å². The van der Waals surface area contributed by atoms with Crippen LogP contribution in [0.2, 0.25) is 0 Å². The largest absolute Gasteiger partial charge is 0.480 e. The van der Waals surface area contributed by atoms with E-state index < -0.39 is 11.8 Å². The number of ether oxygens (including phenoxy) is 2. The van der Waals surface area contributed by atoms with Crippen LogP contribution in [-0.4, -0.2) is 19.7 Å². The molecule has 0 aliphatic carbocycles. The fourth-order valence-electron chi connectivity index (χ4n) is 0.829. The number of halogens is 1. The van der Waals surface area contributed by atoms with Crippen molar-refractivity contribution in [3.63, 3.8) is 0 Å². The zero-order valence-electron chi connectivity index (χ0n) is 7.62. The Morgan fingerprint density at radius 2 is 2.29 bits per heavy atom. The summed E-state index contributed by atoms with van der Waals surface area (Å²) >= 11 is 0. The van der Waals surface area contributed by atoms with Gasteiger partial charge in [-0.1, -0.05) is 0 Å². The first-order valence-electron chi connectivity index (χ1n) is 3.88. The third-order valence-electron chi connectivity index (χ3n) is 1.55. The number of benzene rings is 1. The first-order chi connectivity index (χ1) is 6.63. The molecule has 14 heavy (non-hydrogen) atoms. The first-order valence-corrected chi connectivity index (χ1v) is 3.88. The summed E-state index contributed by atoms with van der Waals surface area (Å²) in [5.74, 6) is -0.886. The quantitative estimate of drug-likeness (QED) is 0.581. The molecule has 1 rings (SSSR count). The Hall–Kier alpha value is -1.78. The predicted molar refractivity (Wildman–Crippen MR) is 48.3 cm³/mol. The van der Waals surface area contributed by atoms with Crippen molar-refractivity contribution in [2.24, 2.45) is 0 Å². The molecule has 0 heterocycles. The van der Waals surface area contributed by atoms with Crippen LogP contribution in [0.5, 0.6) is 5.75 Å². The second-order valence-corrected chi connectivity index (χ2v) is 2.55. The number of hydrogen-bond acceptors (Lipinski definition) is 4. The summed E-state index contributed by atoms with van der Waals surface area (Å²) in [6.45, 7) is -0.288. The molecule has 1 aromatic rings. The summed E-state index contributed by atoms with van der Waals surface area (Å²) in [6.07, 6.45) is 0. The average Bonchev–Trinajstić information content (AvgIpc) is 2.19. The minimum absolute atomic E-state index is 0.135. The maximum Gasteiger partial charge on any atom is 0.343 e. The van der Waals surface area contributed by atoms with E-state index in [9.17, 15) is 9.18 Å². The predicted octanol–water partition coefficient (Wildman–Crippen LogP) is 0.960. The van der Waals surface area contributed by atoms with Crippen LogP contribution in [0, 0.1) is 5.82 Å². The number of carbonyl (C=O) groups excluding carboxylic acids is 1. The van der Waals surface area contributed by atoms with Crippen LogP contribution in [-0.2, 0) is 9.53 Å². The van der Waals surface area contributed by atoms with Crippen molar-refractivity contribution in [1.82, 2.24) is 0 Å². The third-order valence-corrected chi connectivity index (χ3v) is 1.55. The van der Waals surface area contributed by atoms with Crippen molar-refractivity contribution in [2.75, 3.05) is 19.5 Å². The van der Waals surface area contributed by atoms with Gasteiger partial charge in [0.15, 0.2) is 6.61 Å². The minimum Gasteiger partial charge on any atom is -0.480 e. The van der Waals surface area contributed by atoms with Gasteiger partial charge in [0.2, 0.25) is 0 Å². The van der Waals surface area contributed by atoms with Crippen molar-refractivity contribution in [2.45, 2.75) is 0 Å². The molecule has 0 amide bonds. The Morgan fingerprint density at radius 3 is 2.93 bits per heavy atom. The molecule has 0 aliphatic heterocycles. The molecule has 0 atom stereocenters. The molecule has 0 spiro atoms. The molecule has 0 aliphatic rings. The lowest BCUT2D eigenvalue weighted by atomic mass is 10.3. The highest BCUT2D eigenvalue weighted by Crippen LogP contribution is 2.21. The van der Waals surface area contributed by atoms with Gasteiger partial charge in [-0.3, -0.25) is 0 Å². The fourth-order valence-corrected chi connectivity index (χ4v) is 0.829. The SMILES string of the molecule is COC(=O)COc1cc(F)ccc1N. The van der Waals surface area contributed by atoms with Crippen molar-refractivity contribution in [3.8, 4) is 5.75 Å². The summed E-state index contributed by atoms with van der Waals surface area (Å²) in [6, 6.07) is 3.68. The Kier molecular flexibility index (Phi) is 3.28. The Balaban J connectivity index is 2.66. The van der Waals surface area contributed by atoms with E-state index >= 15 is 0 Å². The number of nitrogens with two attached hydrogens (primary N) is 1. The Labute approximate surface area is 80.4 Å². The first kappa shape index (κ1) is 10.3. The zero-order chi connectivity index (χ0) is 10.6. The van der Waals surface area contributed by atoms with Gasteiger partial charge in [-0.2, -0.15) is 0 Å². The van der Waals surface area contributed by atoms with Gasteiger partial charge in [0.05, 0.1) is 12.8 Å². The van der Waals surface area contributed by atoms with E-state index in [-0.39, 0.29) is 18.0 Å². The second kappa shape index (κ2) is 4.45. The maximum atomic E-state index is 12.7. The molecular weight excluding hydrogens is 189 g/mol. The van der Waals surface area contributed by atoms with Gasteiger partial charge in [0.25, 0.3) is 0 Å². The second-order valence-electron chi connectivity index (χ2n) is 2.55. The summed E-state index contributed by atoms with van der Waals surface area (Å²) in [5.41, 5.74) is 5.75. The van der Waals surface area contributed by atoms with Gasteiger partial charge in [-0.15, -0.1) is 0 Å². The number of nitrogen functional groups attached to an aromatic ring is 1. The molecule has 0 radical (unpaired) electrons. The van der Waals surface area contributed by atoms with Crippen molar-refractivity contribution in [1.29, 1.82) is 0 Å². The number of hydrogen-bond donors (Lipinski definition) is 1. The van der Waals surface area contributed by atoms with E-state index in [1.807, 2.05) is 0 Å². The van der Waals surface area contributed by atoms with Gasteiger partial charge in [0.1, 0.15) is 11.6 Å². The molecule has 2 N–H and O–H groups in total. The maximum absolute atomic E-state index is 12.7. The summed E-state index contributed by atoms with van der Waals surface area (Å²) < 4.78 is 22.0. The molecule has 0 saturated carbocycles. The highest BCUT2D eigenvalue weighted by Gasteiger charge is 2.05. The van der Waals surface area contributed by atoms with Gasteiger partial charge >= 0.3 is 5.97 Å². The molecule has 5 heteroatoms. The number of carbonyl (C=O) groups is 1. The lowest BCUT2D eigenvalue weighted by molar-refractivity contribution is -0.142. The van der Waals surface area contributed by atoms with Gasteiger partial charge in [-0.25, -0.2) is 9.18 Å². The van der Waals surface area contributed by atoms with Crippen molar-refractivity contribution in [3.05, 3.63) is 24.0 Å². The Morgan fingerprint density at radius 1 is 1.57 bits per heavy atom. The van der Waals surface area contributed by atoms with Crippen molar-refractivity contribution >= 4 is 11.7 Å². The summed E-state index contributed by atoms with van der Waals surface area (Å²) in [4.78, 5) is 10.7.